The van der Waals surface area contributed by atoms with E-state index in [0.29, 0.717) is 23.3 Å². The molecular weight excluding hydrogens is 338 g/mol. The molecule has 0 N–H and O–H groups in total. The molecule has 0 saturated carbocycles. The number of benzene rings is 2. The fourth-order valence-corrected chi connectivity index (χ4v) is 3.66. The fraction of sp³-hybridized carbons (Fsp3) is 0.400. The van der Waals surface area contributed by atoms with Crippen LogP contribution in [0.2, 0.25) is 5.02 Å². The third-order valence-electron chi connectivity index (χ3n) is 4.73. The molecule has 0 aliphatic carbocycles. The highest BCUT2D eigenvalue weighted by Crippen LogP contribution is 2.40. The van der Waals surface area contributed by atoms with Crippen LogP contribution in [0.4, 0.5) is 0 Å². The van der Waals surface area contributed by atoms with Crippen molar-refractivity contribution in [1.82, 2.24) is 4.90 Å². The molecule has 0 bridgehead atoms. The normalized spacial score (nSPS) is 17.5. The van der Waals surface area contributed by atoms with Crippen LogP contribution in [-0.4, -0.2) is 32.8 Å². The molecule has 25 heavy (non-hydrogen) atoms. The summed E-state index contributed by atoms with van der Waals surface area (Å²) in [5, 5.41) is 0.776. The van der Waals surface area contributed by atoms with Crippen molar-refractivity contribution in [1.29, 1.82) is 0 Å². The molecule has 1 heterocycles. The van der Waals surface area contributed by atoms with E-state index in [9.17, 15) is 0 Å². The average Bonchev–Trinajstić information content (AvgIpc) is 3.09. The first-order valence-electron chi connectivity index (χ1n) is 8.44. The Morgan fingerprint density at radius 3 is 2.20 bits per heavy atom. The lowest BCUT2D eigenvalue weighted by Gasteiger charge is -2.25. The standard InChI is InChI=1S/C20H24ClNO3/c1-23-18-11-14(12-19(24-2)20(18)25-3)13-22-10-4-5-17(22)15-6-8-16(21)9-7-15/h6-9,11-12,17H,4-5,10,13H2,1-3H3/t17-/m0/s1. The Bertz CT molecular complexity index is 692. The van der Waals surface area contributed by atoms with Crippen molar-refractivity contribution in [2.45, 2.75) is 25.4 Å². The van der Waals surface area contributed by atoms with Crippen LogP contribution in [0.3, 0.4) is 0 Å². The average molecular weight is 362 g/mol. The van der Waals surface area contributed by atoms with E-state index >= 15 is 0 Å². The van der Waals surface area contributed by atoms with E-state index in [1.807, 2.05) is 24.3 Å². The Hall–Kier alpha value is -1.91. The fourth-order valence-electron chi connectivity index (χ4n) is 3.54. The Kier molecular flexibility index (Phi) is 5.71. The second kappa shape index (κ2) is 7.98. The maximum Gasteiger partial charge on any atom is 0.203 e. The highest BCUT2D eigenvalue weighted by atomic mass is 35.5. The van der Waals surface area contributed by atoms with Crippen LogP contribution in [0.15, 0.2) is 36.4 Å². The van der Waals surface area contributed by atoms with Gasteiger partial charge in [-0.15, -0.1) is 0 Å². The summed E-state index contributed by atoms with van der Waals surface area (Å²) in [4.78, 5) is 2.49. The third kappa shape index (κ3) is 3.86. The second-order valence-corrected chi connectivity index (χ2v) is 6.65. The summed E-state index contributed by atoms with van der Waals surface area (Å²) in [6.07, 6.45) is 2.35. The van der Waals surface area contributed by atoms with Crippen LogP contribution in [-0.2, 0) is 6.54 Å². The van der Waals surface area contributed by atoms with Crippen molar-refractivity contribution in [2.24, 2.45) is 0 Å². The molecule has 0 radical (unpaired) electrons. The van der Waals surface area contributed by atoms with Gasteiger partial charge in [0.1, 0.15) is 0 Å². The minimum atomic E-state index is 0.413. The van der Waals surface area contributed by atoms with Gasteiger partial charge in [-0.2, -0.15) is 0 Å². The van der Waals surface area contributed by atoms with Gasteiger partial charge >= 0.3 is 0 Å². The molecule has 1 saturated heterocycles. The van der Waals surface area contributed by atoms with Gasteiger partial charge in [0.15, 0.2) is 11.5 Å². The van der Waals surface area contributed by atoms with Gasteiger partial charge in [0.25, 0.3) is 0 Å². The second-order valence-electron chi connectivity index (χ2n) is 6.21. The van der Waals surface area contributed by atoms with Gasteiger partial charge in [-0.25, -0.2) is 0 Å². The number of rotatable bonds is 6. The molecule has 0 spiro atoms. The zero-order valence-electron chi connectivity index (χ0n) is 14.9. The molecule has 1 atom stereocenters. The summed E-state index contributed by atoms with van der Waals surface area (Å²) in [7, 11) is 4.91. The third-order valence-corrected chi connectivity index (χ3v) is 4.98. The van der Waals surface area contributed by atoms with Gasteiger partial charge in [-0.1, -0.05) is 23.7 Å². The molecule has 1 aliphatic heterocycles. The SMILES string of the molecule is COc1cc(CN2CCC[C@H]2c2ccc(Cl)cc2)cc(OC)c1OC. The van der Waals surface area contributed by atoms with Gasteiger partial charge in [0, 0.05) is 17.6 Å². The van der Waals surface area contributed by atoms with Crippen molar-refractivity contribution in [2.75, 3.05) is 27.9 Å². The largest absolute Gasteiger partial charge is 0.493 e. The predicted octanol–water partition coefficient (Wildman–Crippen LogP) is 4.70. The number of hydrogen-bond donors (Lipinski definition) is 0. The predicted molar refractivity (Wildman–Crippen MR) is 99.9 cm³/mol. The minimum absolute atomic E-state index is 0.413. The van der Waals surface area contributed by atoms with Crippen molar-refractivity contribution in [3.63, 3.8) is 0 Å². The molecule has 2 aromatic rings. The Balaban J connectivity index is 1.84. The maximum atomic E-state index is 6.03. The summed E-state index contributed by atoms with van der Waals surface area (Å²) < 4.78 is 16.3. The first kappa shape index (κ1) is 17.9. The molecule has 5 heteroatoms. The number of hydrogen-bond acceptors (Lipinski definition) is 4. The van der Waals surface area contributed by atoms with Gasteiger partial charge < -0.3 is 14.2 Å². The number of methoxy groups -OCH3 is 3. The van der Waals surface area contributed by atoms with Crippen LogP contribution in [0.1, 0.15) is 30.0 Å². The quantitative estimate of drug-likeness (QED) is 0.746. The van der Waals surface area contributed by atoms with Crippen molar-refractivity contribution >= 4 is 11.6 Å². The Labute approximate surface area is 154 Å². The molecular formula is C20H24ClNO3. The summed E-state index contributed by atoms with van der Waals surface area (Å²) in [6.45, 7) is 1.91. The molecule has 3 rings (SSSR count). The van der Waals surface area contributed by atoms with Crippen molar-refractivity contribution < 1.29 is 14.2 Å². The zero-order valence-corrected chi connectivity index (χ0v) is 15.7. The maximum absolute atomic E-state index is 6.03. The van der Waals surface area contributed by atoms with Gasteiger partial charge in [-0.05, 0) is 54.8 Å². The van der Waals surface area contributed by atoms with Gasteiger partial charge in [-0.3, -0.25) is 4.90 Å². The van der Waals surface area contributed by atoms with E-state index in [4.69, 9.17) is 25.8 Å². The highest BCUT2D eigenvalue weighted by molar-refractivity contribution is 6.30. The highest BCUT2D eigenvalue weighted by Gasteiger charge is 2.26. The monoisotopic (exact) mass is 361 g/mol. The molecule has 134 valence electrons. The lowest BCUT2D eigenvalue weighted by molar-refractivity contribution is 0.247. The number of likely N-dealkylation sites (tertiary alicyclic amines) is 1. The first-order chi connectivity index (χ1) is 12.2. The first-order valence-corrected chi connectivity index (χ1v) is 8.82. The molecule has 4 nitrogen and oxygen atoms in total. The summed E-state index contributed by atoms with van der Waals surface area (Å²) in [5.74, 6) is 2.02. The van der Waals surface area contributed by atoms with Crippen LogP contribution in [0.5, 0.6) is 17.2 Å². The molecule has 2 aromatic carbocycles. The lowest BCUT2D eigenvalue weighted by Crippen LogP contribution is -2.22. The molecule has 1 fully saturated rings. The smallest absolute Gasteiger partial charge is 0.203 e. The Morgan fingerprint density at radius 2 is 1.64 bits per heavy atom. The number of nitrogens with zero attached hydrogens (tertiary/aromatic N) is 1. The van der Waals surface area contributed by atoms with Crippen molar-refractivity contribution in [3.05, 3.63) is 52.5 Å². The summed E-state index contributed by atoms with van der Waals surface area (Å²) in [6, 6.07) is 12.6. The number of halogens is 1. The van der Waals surface area contributed by atoms with Gasteiger partial charge in [0.05, 0.1) is 21.3 Å². The Morgan fingerprint density at radius 1 is 1.00 bits per heavy atom. The summed E-state index contributed by atoms with van der Waals surface area (Å²) in [5.41, 5.74) is 2.46. The van der Waals surface area contributed by atoms with E-state index in [0.717, 1.165) is 30.1 Å². The molecule has 0 unspecified atom stereocenters. The topological polar surface area (TPSA) is 30.9 Å². The van der Waals surface area contributed by atoms with Crippen LogP contribution < -0.4 is 14.2 Å². The molecule has 0 amide bonds. The van der Waals surface area contributed by atoms with Crippen LogP contribution >= 0.6 is 11.6 Å². The van der Waals surface area contributed by atoms with E-state index in [1.165, 1.54) is 12.0 Å². The van der Waals surface area contributed by atoms with E-state index in [1.54, 1.807) is 21.3 Å². The van der Waals surface area contributed by atoms with Crippen LogP contribution in [0.25, 0.3) is 0 Å². The van der Waals surface area contributed by atoms with Gasteiger partial charge in [0.2, 0.25) is 5.75 Å². The van der Waals surface area contributed by atoms with E-state index in [2.05, 4.69) is 17.0 Å². The summed E-state index contributed by atoms with van der Waals surface area (Å²) >= 11 is 6.03. The minimum Gasteiger partial charge on any atom is -0.493 e. The zero-order chi connectivity index (χ0) is 17.8. The number of ether oxygens (including phenoxy) is 3. The van der Waals surface area contributed by atoms with E-state index in [-0.39, 0.29) is 0 Å². The van der Waals surface area contributed by atoms with Crippen LogP contribution in [0, 0.1) is 0 Å². The molecule has 0 aromatic heterocycles. The van der Waals surface area contributed by atoms with E-state index < -0.39 is 0 Å². The lowest BCUT2D eigenvalue weighted by atomic mass is 10.0. The molecule has 1 aliphatic rings. The van der Waals surface area contributed by atoms with Crippen molar-refractivity contribution in [3.8, 4) is 17.2 Å².